The van der Waals surface area contributed by atoms with Gasteiger partial charge in [0, 0.05) is 11.4 Å². The highest BCUT2D eigenvalue weighted by Crippen LogP contribution is 2.31. The summed E-state index contributed by atoms with van der Waals surface area (Å²) in [6.45, 7) is 5.56. The molecule has 1 aromatic heterocycles. The fourth-order valence-corrected chi connectivity index (χ4v) is 2.28. The fraction of sp³-hybridized carbons (Fsp3) is 0.333. The number of ether oxygens (including phenoxy) is 1. The molecule has 20 heavy (non-hydrogen) atoms. The number of rotatable bonds is 4. The molecular formula is C15H17NO4. The molecule has 0 bridgehead atoms. The fourth-order valence-electron chi connectivity index (χ4n) is 2.28. The number of phenols is 1. The van der Waals surface area contributed by atoms with Gasteiger partial charge in [-0.3, -0.25) is 4.79 Å². The summed E-state index contributed by atoms with van der Waals surface area (Å²) in [5.74, 6) is -1.49. The topological polar surface area (TPSA) is 68.5 Å². The molecule has 0 aliphatic carbocycles. The van der Waals surface area contributed by atoms with Gasteiger partial charge in [0.15, 0.2) is 0 Å². The zero-order valence-electron chi connectivity index (χ0n) is 11.7. The number of hydrogen-bond donors (Lipinski definition) is 1. The lowest BCUT2D eigenvalue weighted by Gasteiger charge is -2.14. The maximum absolute atomic E-state index is 12.2. The molecule has 0 saturated heterocycles. The van der Waals surface area contributed by atoms with Crippen LogP contribution in [0.3, 0.4) is 0 Å². The molecule has 0 unspecified atom stereocenters. The first-order valence-electron chi connectivity index (χ1n) is 6.51. The minimum atomic E-state index is -0.878. The Morgan fingerprint density at radius 1 is 1.35 bits per heavy atom. The van der Waals surface area contributed by atoms with Gasteiger partial charge in [0.05, 0.1) is 17.8 Å². The number of carbonyl (C=O) groups is 2. The first-order valence-corrected chi connectivity index (χ1v) is 6.51. The highest BCUT2D eigenvalue weighted by Gasteiger charge is 2.25. The Morgan fingerprint density at radius 3 is 2.65 bits per heavy atom. The van der Waals surface area contributed by atoms with Gasteiger partial charge in [-0.25, -0.2) is 4.79 Å². The Hall–Kier alpha value is -2.30. The Balaban J connectivity index is 2.64. The van der Waals surface area contributed by atoms with Gasteiger partial charge < -0.3 is 14.4 Å². The lowest BCUT2D eigenvalue weighted by atomic mass is 10.2. The van der Waals surface area contributed by atoms with Gasteiger partial charge >= 0.3 is 5.97 Å². The van der Waals surface area contributed by atoms with Crippen molar-refractivity contribution in [3.63, 3.8) is 0 Å². The van der Waals surface area contributed by atoms with Crippen molar-refractivity contribution in [1.82, 2.24) is 4.57 Å². The molecule has 0 aliphatic heterocycles. The SMILES string of the molecule is CCOC(=O)C(=O)c1cc2cccc(O)c2n1C(C)C. The minimum absolute atomic E-state index is 0.0748. The Morgan fingerprint density at radius 2 is 2.05 bits per heavy atom. The highest BCUT2D eigenvalue weighted by molar-refractivity contribution is 6.40. The summed E-state index contributed by atoms with van der Waals surface area (Å²) >= 11 is 0. The van der Waals surface area contributed by atoms with Crippen molar-refractivity contribution < 1.29 is 19.4 Å². The molecule has 0 atom stereocenters. The van der Waals surface area contributed by atoms with Gasteiger partial charge in [-0.15, -0.1) is 0 Å². The predicted molar refractivity (Wildman–Crippen MR) is 75.0 cm³/mol. The number of carbonyl (C=O) groups excluding carboxylic acids is 2. The zero-order valence-corrected chi connectivity index (χ0v) is 11.7. The molecule has 5 nitrogen and oxygen atoms in total. The first kappa shape index (κ1) is 14.1. The number of phenolic OH excluding ortho intramolecular Hbond substituents is 1. The second-order valence-electron chi connectivity index (χ2n) is 4.76. The van der Waals surface area contributed by atoms with E-state index in [0.29, 0.717) is 10.9 Å². The highest BCUT2D eigenvalue weighted by atomic mass is 16.5. The molecule has 2 rings (SSSR count). The first-order chi connectivity index (χ1) is 9.47. The summed E-state index contributed by atoms with van der Waals surface area (Å²) in [6.07, 6.45) is 0. The van der Waals surface area contributed by atoms with Crippen LogP contribution in [-0.2, 0) is 9.53 Å². The molecule has 106 valence electrons. The van der Waals surface area contributed by atoms with Gasteiger partial charge in [-0.1, -0.05) is 12.1 Å². The summed E-state index contributed by atoms with van der Waals surface area (Å²) in [4.78, 5) is 23.8. The van der Waals surface area contributed by atoms with Gasteiger partial charge in [0.25, 0.3) is 5.78 Å². The molecule has 0 amide bonds. The van der Waals surface area contributed by atoms with Crippen molar-refractivity contribution in [3.05, 3.63) is 30.0 Å². The standard InChI is InChI=1S/C15H17NO4/c1-4-20-15(19)14(18)11-8-10-6-5-7-12(17)13(10)16(11)9(2)3/h5-9,17H,4H2,1-3H3. The van der Waals surface area contributed by atoms with Crippen LogP contribution in [0.25, 0.3) is 10.9 Å². The number of esters is 1. The molecule has 0 saturated carbocycles. The second-order valence-corrected chi connectivity index (χ2v) is 4.76. The molecule has 0 aliphatic rings. The van der Waals surface area contributed by atoms with E-state index >= 15 is 0 Å². The van der Waals surface area contributed by atoms with E-state index in [1.54, 1.807) is 35.8 Å². The van der Waals surface area contributed by atoms with E-state index in [1.807, 2.05) is 13.8 Å². The van der Waals surface area contributed by atoms with Gasteiger partial charge in [-0.05, 0) is 32.9 Å². The van der Waals surface area contributed by atoms with E-state index < -0.39 is 11.8 Å². The maximum Gasteiger partial charge on any atom is 0.381 e. The molecule has 0 spiro atoms. The molecule has 1 heterocycles. The average molecular weight is 275 g/mol. The third-order valence-electron chi connectivity index (χ3n) is 3.05. The Labute approximate surface area is 116 Å². The number of ketones is 1. The van der Waals surface area contributed by atoms with Crippen LogP contribution >= 0.6 is 0 Å². The second kappa shape index (κ2) is 5.36. The van der Waals surface area contributed by atoms with E-state index in [1.165, 1.54) is 0 Å². The number of Topliss-reactive ketones (excluding diaryl/α,β-unsaturated/α-hetero) is 1. The maximum atomic E-state index is 12.2. The van der Waals surface area contributed by atoms with Crippen LogP contribution < -0.4 is 0 Å². The molecular weight excluding hydrogens is 258 g/mol. The van der Waals surface area contributed by atoms with E-state index in [9.17, 15) is 14.7 Å². The number of aromatic nitrogens is 1. The van der Waals surface area contributed by atoms with Crippen molar-refractivity contribution >= 4 is 22.7 Å². The van der Waals surface area contributed by atoms with Gasteiger partial charge in [-0.2, -0.15) is 0 Å². The summed E-state index contributed by atoms with van der Waals surface area (Å²) in [5, 5.41) is 10.7. The number of benzene rings is 1. The van der Waals surface area contributed by atoms with Crippen molar-refractivity contribution in [3.8, 4) is 5.75 Å². The number of fused-ring (bicyclic) bond motifs is 1. The summed E-state index contributed by atoms with van der Waals surface area (Å²) in [7, 11) is 0. The Bertz CT molecular complexity index is 670. The average Bonchev–Trinajstić information content (AvgIpc) is 2.79. The van der Waals surface area contributed by atoms with Gasteiger partial charge in [0.2, 0.25) is 0 Å². The number of para-hydroxylation sites is 1. The lowest BCUT2D eigenvalue weighted by Crippen LogP contribution is -2.21. The van der Waals surface area contributed by atoms with Crippen LogP contribution in [0.2, 0.25) is 0 Å². The monoisotopic (exact) mass is 275 g/mol. The minimum Gasteiger partial charge on any atom is -0.506 e. The quantitative estimate of drug-likeness (QED) is 0.529. The predicted octanol–water partition coefficient (Wildman–Crippen LogP) is 2.67. The number of nitrogens with zero attached hydrogens (tertiary/aromatic N) is 1. The molecule has 0 radical (unpaired) electrons. The molecule has 1 aromatic carbocycles. The van der Waals surface area contributed by atoms with E-state index in [0.717, 1.165) is 0 Å². The van der Waals surface area contributed by atoms with Crippen molar-refractivity contribution in [2.24, 2.45) is 0 Å². The third-order valence-corrected chi connectivity index (χ3v) is 3.05. The van der Waals surface area contributed by atoms with Crippen molar-refractivity contribution in [2.45, 2.75) is 26.8 Å². The molecule has 2 aromatic rings. The van der Waals surface area contributed by atoms with Crippen LogP contribution in [0.4, 0.5) is 0 Å². The molecule has 1 N–H and O–H groups in total. The largest absolute Gasteiger partial charge is 0.506 e. The smallest absolute Gasteiger partial charge is 0.381 e. The third kappa shape index (κ3) is 2.27. The lowest BCUT2D eigenvalue weighted by molar-refractivity contribution is -0.137. The van der Waals surface area contributed by atoms with Crippen LogP contribution in [0.5, 0.6) is 5.75 Å². The summed E-state index contributed by atoms with van der Waals surface area (Å²) in [6, 6.07) is 6.57. The van der Waals surface area contributed by atoms with Crippen molar-refractivity contribution in [2.75, 3.05) is 6.61 Å². The van der Waals surface area contributed by atoms with Crippen molar-refractivity contribution in [1.29, 1.82) is 0 Å². The molecule has 5 heteroatoms. The van der Waals surface area contributed by atoms with E-state index in [2.05, 4.69) is 0 Å². The van der Waals surface area contributed by atoms with Gasteiger partial charge in [0.1, 0.15) is 5.75 Å². The van der Waals surface area contributed by atoms with Crippen LogP contribution in [0.15, 0.2) is 24.3 Å². The van der Waals surface area contributed by atoms with E-state index in [4.69, 9.17) is 4.74 Å². The van der Waals surface area contributed by atoms with Crippen LogP contribution in [0.1, 0.15) is 37.3 Å². The Kier molecular flexibility index (Phi) is 3.79. The van der Waals surface area contributed by atoms with E-state index in [-0.39, 0.29) is 24.1 Å². The number of hydrogen-bond acceptors (Lipinski definition) is 4. The van der Waals surface area contributed by atoms with Crippen LogP contribution in [0, 0.1) is 0 Å². The van der Waals surface area contributed by atoms with Crippen LogP contribution in [-0.4, -0.2) is 28.0 Å². The zero-order chi connectivity index (χ0) is 14.9. The number of aromatic hydroxyl groups is 1. The summed E-state index contributed by atoms with van der Waals surface area (Å²) < 4.78 is 6.41. The molecule has 0 fully saturated rings. The normalized spacial score (nSPS) is 11.0. The summed E-state index contributed by atoms with van der Waals surface area (Å²) in [5.41, 5.74) is 0.782.